The second-order valence-corrected chi connectivity index (χ2v) is 6.48. The van der Waals surface area contributed by atoms with Gasteiger partial charge in [-0.25, -0.2) is 4.79 Å². The molecule has 0 aliphatic carbocycles. The smallest absolute Gasteiger partial charge is 0.410 e. The standard InChI is InChI=1S/C19H19N3O6/c1-12-7-8-13(22(26)27)9-16(12)20-18(24)17-10-14(23)11-21(17)19(25)28-15-5-3-2-4-6-15/h2-9,14,17,23H,10-11H2,1H3,(H,20,24). The van der Waals surface area contributed by atoms with Crippen LogP contribution in [0.2, 0.25) is 0 Å². The van der Waals surface area contributed by atoms with Crippen molar-refractivity contribution >= 4 is 23.4 Å². The maximum absolute atomic E-state index is 12.7. The summed E-state index contributed by atoms with van der Waals surface area (Å²) < 4.78 is 5.26. The van der Waals surface area contributed by atoms with Crippen molar-refractivity contribution < 1.29 is 24.4 Å². The van der Waals surface area contributed by atoms with Gasteiger partial charge in [0.15, 0.2) is 0 Å². The van der Waals surface area contributed by atoms with E-state index in [0.29, 0.717) is 11.3 Å². The van der Waals surface area contributed by atoms with Crippen LogP contribution >= 0.6 is 0 Å². The first-order valence-corrected chi connectivity index (χ1v) is 8.62. The van der Waals surface area contributed by atoms with Crippen molar-refractivity contribution in [3.63, 3.8) is 0 Å². The molecular weight excluding hydrogens is 366 g/mol. The minimum Gasteiger partial charge on any atom is -0.410 e. The third kappa shape index (κ3) is 4.26. The summed E-state index contributed by atoms with van der Waals surface area (Å²) in [6.45, 7) is 1.65. The molecule has 0 aromatic heterocycles. The van der Waals surface area contributed by atoms with E-state index >= 15 is 0 Å². The minimum absolute atomic E-state index is 0.0440. The Morgan fingerprint density at radius 2 is 1.96 bits per heavy atom. The predicted octanol–water partition coefficient (Wildman–Crippen LogP) is 2.48. The third-order valence-electron chi connectivity index (χ3n) is 4.45. The molecule has 0 bridgehead atoms. The fraction of sp³-hybridized carbons (Fsp3) is 0.263. The largest absolute Gasteiger partial charge is 0.416 e. The second kappa shape index (κ2) is 8.05. The van der Waals surface area contributed by atoms with Crippen molar-refractivity contribution in [1.29, 1.82) is 0 Å². The topological polar surface area (TPSA) is 122 Å². The van der Waals surface area contributed by atoms with Crippen LogP contribution in [0.15, 0.2) is 48.5 Å². The van der Waals surface area contributed by atoms with Gasteiger partial charge in [0.25, 0.3) is 5.69 Å². The summed E-state index contributed by atoms with van der Waals surface area (Å²) in [5.41, 5.74) is 0.751. The lowest BCUT2D eigenvalue weighted by atomic mass is 10.1. The van der Waals surface area contributed by atoms with Gasteiger partial charge in [0.1, 0.15) is 11.8 Å². The van der Waals surface area contributed by atoms with Crippen LogP contribution in [0.4, 0.5) is 16.2 Å². The molecule has 1 heterocycles. The number of nitro groups is 1. The molecule has 0 spiro atoms. The molecule has 1 saturated heterocycles. The molecule has 28 heavy (non-hydrogen) atoms. The number of para-hydroxylation sites is 1. The Balaban J connectivity index is 1.75. The number of nitro benzene ring substituents is 1. The number of β-amino-alcohol motifs (C(OH)–C–C–N with tert-alkyl or cyclic N) is 1. The summed E-state index contributed by atoms with van der Waals surface area (Å²) in [5.74, 6) is -0.229. The van der Waals surface area contributed by atoms with Crippen molar-refractivity contribution in [2.45, 2.75) is 25.5 Å². The van der Waals surface area contributed by atoms with Crippen LogP contribution in [0.25, 0.3) is 0 Å². The fourth-order valence-corrected chi connectivity index (χ4v) is 2.99. The number of amides is 2. The molecule has 2 aromatic rings. The van der Waals surface area contributed by atoms with Gasteiger partial charge in [0.2, 0.25) is 5.91 Å². The van der Waals surface area contributed by atoms with Crippen molar-refractivity contribution in [2.75, 3.05) is 11.9 Å². The average Bonchev–Trinajstić information content (AvgIpc) is 3.06. The zero-order chi connectivity index (χ0) is 20.3. The molecule has 9 heteroatoms. The van der Waals surface area contributed by atoms with Crippen LogP contribution in [0, 0.1) is 17.0 Å². The van der Waals surface area contributed by atoms with Crippen molar-refractivity contribution in [2.24, 2.45) is 0 Å². The molecule has 2 N–H and O–H groups in total. The molecule has 3 rings (SSSR count). The zero-order valence-electron chi connectivity index (χ0n) is 15.1. The number of non-ortho nitro benzene ring substituents is 1. The SMILES string of the molecule is Cc1ccc([N+](=O)[O-])cc1NC(=O)C1CC(O)CN1C(=O)Oc1ccccc1. The van der Waals surface area contributed by atoms with E-state index in [0.717, 1.165) is 4.90 Å². The highest BCUT2D eigenvalue weighted by Crippen LogP contribution is 2.25. The van der Waals surface area contributed by atoms with Gasteiger partial charge < -0.3 is 15.2 Å². The molecule has 0 radical (unpaired) electrons. The van der Waals surface area contributed by atoms with E-state index in [-0.39, 0.29) is 24.3 Å². The number of carbonyl (C=O) groups is 2. The summed E-state index contributed by atoms with van der Waals surface area (Å²) in [6, 6.07) is 11.6. The first kappa shape index (κ1) is 19.3. The number of aliphatic hydroxyl groups is 1. The second-order valence-electron chi connectivity index (χ2n) is 6.48. The molecule has 1 fully saturated rings. The molecule has 146 valence electrons. The van der Waals surface area contributed by atoms with Crippen LogP contribution in [0.5, 0.6) is 5.75 Å². The number of rotatable bonds is 4. The Hall–Kier alpha value is -3.46. The predicted molar refractivity (Wildman–Crippen MR) is 100 cm³/mol. The minimum atomic E-state index is -0.954. The Morgan fingerprint density at radius 3 is 2.64 bits per heavy atom. The van der Waals surface area contributed by atoms with Gasteiger partial charge in [-0.2, -0.15) is 0 Å². The average molecular weight is 385 g/mol. The van der Waals surface area contributed by atoms with Crippen LogP contribution in [0.3, 0.4) is 0 Å². The maximum atomic E-state index is 12.7. The van der Waals surface area contributed by atoms with Gasteiger partial charge >= 0.3 is 6.09 Å². The Labute approximate surface area is 160 Å². The van der Waals surface area contributed by atoms with Gasteiger partial charge in [-0.1, -0.05) is 24.3 Å². The van der Waals surface area contributed by atoms with E-state index < -0.39 is 29.1 Å². The fourth-order valence-electron chi connectivity index (χ4n) is 2.99. The van der Waals surface area contributed by atoms with Gasteiger partial charge in [-0.3, -0.25) is 19.8 Å². The van der Waals surface area contributed by atoms with Crippen molar-refractivity contribution in [3.8, 4) is 5.75 Å². The van der Waals surface area contributed by atoms with Gasteiger partial charge in [-0.05, 0) is 24.6 Å². The van der Waals surface area contributed by atoms with E-state index in [9.17, 15) is 24.8 Å². The summed E-state index contributed by atoms with van der Waals surface area (Å²) in [5, 5.41) is 23.5. The van der Waals surface area contributed by atoms with Crippen LogP contribution in [-0.2, 0) is 4.79 Å². The van der Waals surface area contributed by atoms with Crippen LogP contribution in [0.1, 0.15) is 12.0 Å². The Bertz CT molecular complexity index is 902. The molecule has 2 amide bonds. The summed E-state index contributed by atoms with van der Waals surface area (Å²) in [6.07, 6.45) is -1.58. The van der Waals surface area contributed by atoms with E-state index in [2.05, 4.69) is 5.32 Å². The van der Waals surface area contributed by atoms with Crippen molar-refractivity contribution in [1.82, 2.24) is 4.90 Å². The maximum Gasteiger partial charge on any atom is 0.416 e. The van der Waals surface area contributed by atoms with Crippen LogP contribution < -0.4 is 10.1 Å². The molecule has 9 nitrogen and oxygen atoms in total. The number of ether oxygens (including phenoxy) is 1. The number of likely N-dealkylation sites (tertiary alicyclic amines) is 1. The number of anilines is 1. The van der Waals surface area contributed by atoms with E-state index in [1.54, 1.807) is 37.3 Å². The van der Waals surface area contributed by atoms with E-state index in [1.807, 2.05) is 0 Å². The molecule has 2 aromatic carbocycles. The number of aliphatic hydroxyl groups excluding tert-OH is 1. The van der Waals surface area contributed by atoms with Crippen LogP contribution in [-0.4, -0.2) is 45.6 Å². The van der Waals surface area contributed by atoms with Crippen molar-refractivity contribution in [3.05, 3.63) is 64.2 Å². The highest BCUT2D eigenvalue weighted by Gasteiger charge is 2.40. The summed E-state index contributed by atoms with van der Waals surface area (Å²) in [4.78, 5) is 36.7. The highest BCUT2D eigenvalue weighted by atomic mass is 16.6. The number of hydrogen-bond acceptors (Lipinski definition) is 6. The Kier molecular flexibility index (Phi) is 5.55. The summed E-state index contributed by atoms with van der Waals surface area (Å²) >= 11 is 0. The molecule has 2 unspecified atom stereocenters. The molecular formula is C19H19N3O6. The number of benzene rings is 2. The van der Waals surface area contributed by atoms with Gasteiger partial charge in [-0.15, -0.1) is 0 Å². The van der Waals surface area contributed by atoms with Gasteiger partial charge in [0, 0.05) is 18.6 Å². The number of hydrogen-bond donors (Lipinski definition) is 2. The first-order chi connectivity index (χ1) is 13.3. The number of nitrogens with zero attached hydrogens (tertiary/aromatic N) is 2. The summed E-state index contributed by atoms with van der Waals surface area (Å²) in [7, 11) is 0. The lowest BCUT2D eigenvalue weighted by Gasteiger charge is -2.23. The number of carbonyl (C=O) groups excluding carboxylic acids is 2. The van der Waals surface area contributed by atoms with E-state index in [4.69, 9.17) is 4.74 Å². The monoisotopic (exact) mass is 385 g/mol. The quantitative estimate of drug-likeness (QED) is 0.616. The lowest BCUT2D eigenvalue weighted by molar-refractivity contribution is -0.384. The normalized spacial score (nSPS) is 18.6. The molecule has 2 atom stereocenters. The molecule has 0 saturated carbocycles. The first-order valence-electron chi connectivity index (χ1n) is 8.62. The number of aryl methyl sites for hydroxylation is 1. The molecule has 1 aliphatic rings. The van der Waals surface area contributed by atoms with E-state index in [1.165, 1.54) is 18.2 Å². The zero-order valence-corrected chi connectivity index (χ0v) is 15.1. The number of nitrogens with one attached hydrogen (secondary N) is 1. The van der Waals surface area contributed by atoms with Gasteiger partial charge in [0.05, 0.1) is 23.3 Å². The lowest BCUT2D eigenvalue weighted by Crippen LogP contribution is -2.44. The third-order valence-corrected chi connectivity index (χ3v) is 4.45. The highest BCUT2D eigenvalue weighted by molar-refractivity contribution is 5.97. The molecule has 1 aliphatic heterocycles. The Morgan fingerprint density at radius 1 is 1.25 bits per heavy atom.